The molecule has 0 aromatic heterocycles. The summed E-state index contributed by atoms with van der Waals surface area (Å²) >= 11 is 1.53. The van der Waals surface area contributed by atoms with Gasteiger partial charge in [0.15, 0.2) is 23.0 Å². The zero-order chi connectivity index (χ0) is 9.52. The number of ether oxygens (including phenoxy) is 1. The summed E-state index contributed by atoms with van der Waals surface area (Å²) in [4.78, 5) is 10.8. The van der Waals surface area contributed by atoms with Crippen LogP contribution in [0.25, 0.3) is 0 Å². The number of carbonyl (C=O) groups is 1. The van der Waals surface area contributed by atoms with E-state index >= 15 is 0 Å². The van der Waals surface area contributed by atoms with E-state index in [0.29, 0.717) is 0 Å². The van der Waals surface area contributed by atoms with Crippen LogP contribution in [0.5, 0.6) is 0 Å². The topological polar surface area (TPSA) is 35.5 Å². The Balaban J connectivity index is 2.37. The van der Waals surface area contributed by atoms with Crippen molar-refractivity contribution in [1.29, 1.82) is 0 Å². The van der Waals surface area contributed by atoms with Crippen LogP contribution >= 0.6 is 23.0 Å². The summed E-state index contributed by atoms with van der Waals surface area (Å²) in [6, 6.07) is 0. The van der Waals surface area contributed by atoms with Gasteiger partial charge in [-0.15, -0.1) is 0 Å². The highest BCUT2D eigenvalue weighted by atomic mass is 127. The minimum atomic E-state index is -0.601. The Morgan fingerprint density at radius 2 is 2.23 bits per heavy atom. The second-order valence-electron chi connectivity index (χ2n) is 3.05. The van der Waals surface area contributed by atoms with Crippen LogP contribution in [0, 0.1) is 0 Å². The van der Waals surface area contributed by atoms with Crippen molar-refractivity contribution in [3.8, 4) is 0 Å². The summed E-state index contributed by atoms with van der Waals surface area (Å²) in [5, 5.41) is 0. The monoisotopic (exact) mass is 296 g/mol. The molecule has 74 valence electrons. The highest BCUT2D eigenvalue weighted by Gasteiger charge is 2.12. The van der Waals surface area contributed by atoms with Crippen molar-refractivity contribution >= 4 is 29.2 Å². The molecule has 0 bridgehead atoms. The largest absolute Gasteiger partial charge is 0.518 e. The average Bonchev–Trinajstić information content (AvgIpc) is 2.09. The second kappa shape index (κ2) is 6.23. The molecule has 0 aliphatic heterocycles. The first-order valence-electron chi connectivity index (χ1n) is 4.49. The SMILES string of the molecule is O=C(OI)OC1/C=C/CCCCC1. The molecule has 1 aliphatic carbocycles. The van der Waals surface area contributed by atoms with Crippen LogP contribution in [-0.4, -0.2) is 12.3 Å². The van der Waals surface area contributed by atoms with E-state index in [4.69, 9.17) is 4.74 Å². The molecular weight excluding hydrogens is 283 g/mol. The third-order valence-corrected chi connectivity index (χ3v) is 2.38. The lowest BCUT2D eigenvalue weighted by atomic mass is 10.0. The van der Waals surface area contributed by atoms with E-state index in [1.807, 2.05) is 6.08 Å². The molecule has 1 rings (SSSR count). The standard InChI is InChI=1S/C9H13IO3/c10-13-9(11)12-8-6-4-2-1-3-5-7-8/h4,6,8H,1-3,5,7H2/b6-4+. The van der Waals surface area contributed by atoms with Gasteiger partial charge < -0.3 is 7.80 Å². The van der Waals surface area contributed by atoms with E-state index in [-0.39, 0.29) is 6.10 Å². The number of hydrogen-bond donors (Lipinski definition) is 0. The Morgan fingerprint density at radius 1 is 1.38 bits per heavy atom. The van der Waals surface area contributed by atoms with E-state index in [2.05, 4.69) is 9.14 Å². The van der Waals surface area contributed by atoms with Gasteiger partial charge in [0.1, 0.15) is 6.10 Å². The van der Waals surface area contributed by atoms with E-state index in [9.17, 15) is 4.79 Å². The van der Waals surface area contributed by atoms with Crippen LogP contribution in [-0.2, 0) is 7.80 Å². The Kier molecular flexibility index (Phi) is 5.19. The third-order valence-electron chi connectivity index (χ3n) is 2.02. The summed E-state index contributed by atoms with van der Waals surface area (Å²) < 4.78 is 9.42. The molecule has 0 saturated heterocycles. The van der Waals surface area contributed by atoms with Crippen LogP contribution < -0.4 is 0 Å². The fourth-order valence-electron chi connectivity index (χ4n) is 1.37. The van der Waals surface area contributed by atoms with Crippen molar-refractivity contribution < 1.29 is 12.6 Å². The van der Waals surface area contributed by atoms with Crippen molar-refractivity contribution in [2.45, 2.75) is 38.2 Å². The molecule has 0 aromatic rings. The summed E-state index contributed by atoms with van der Waals surface area (Å²) in [5.41, 5.74) is 0. The lowest BCUT2D eigenvalue weighted by Gasteiger charge is -2.14. The smallest absolute Gasteiger partial charge is 0.426 e. The Labute approximate surface area is 92.2 Å². The predicted molar refractivity (Wildman–Crippen MR) is 57.6 cm³/mol. The quantitative estimate of drug-likeness (QED) is 0.423. The number of rotatable bonds is 1. The molecule has 0 amide bonds. The molecule has 0 N–H and O–H groups in total. The number of halogens is 1. The zero-order valence-corrected chi connectivity index (χ0v) is 9.53. The van der Waals surface area contributed by atoms with Crippen LogP contribution in [0.3, 0.4) is 0 Å². The van der Waals surface area contributed by atoms with E-state index in [0.717, 1.165) is 19.3 Å². The first kappa shape index (κ1) is 10.8. The zero-order valence-electron chi connectivity index (χ0n) is 7.37. The molecule has 0 fully saturated rings. The molecular formula is C9H13IO3. The molecule has 3 nitrogen and oxygen atoms in total. The number of carbonyl (C=O) groups excluding carboxylic acids is 1. The van der Waals surface area contributed by atoms with Gasteiger partial charge in [-0.05, 0) is 31.8 Å². The second-order valence-corrected chi connectivity index (χ2v) is 3.49. The van der Waals surface area contributed by atoms with Crippen molar-refractivity contribution in [3.05, 3.63) is 12.2 Å². The van der Waals surface area contributed by atoms with E-state index in [1.165, 1.54) is 35.8 Å². The first-order chi connectivity index (χ1) is 6.33. The maximum absolute atomic E-state index is 10.8. The van der Waals surface area contributed by atoms with Crippen LogP contribution in [0.4, 0.5) is 4.79 Å². The summed E-state index contributed by atoms with van der Waals surface area (Å²) in [5.74, 6) is 0. The normalized spacial score (nSPS) is 25.5. The van der Waals surface area contributed by atoms with Crippen LogP contribution in [0.2, 0.25) is 0 Å². The number of hydrogen-bond acceptors (Lipinski definition) is 3. The van der Waals surface area contributed by atoms with Crippen molar-refractivity contribution in [2.75, 3.05) is 0 Å². The molecule has 0 heterocycles. The highest BCUT2D eigenvalue weighted by Crippen LogP contribution is 2.14. The van der Waals surface area contributed by atoms with E-state index in [1.54, 1.807) is 0 Å². The third kappa shape index (κ3) is 4.50. The van der Waals surface area contributed by atoms with Gasteiger partial charge in [-0.3, -0.25) is 0 Å². The molecule has 0 aromatic carbocycles. The Morgan fingerprint density at radius 3 is 3.00 bits per heavy atom. The van der Waals surface area contributed by atoms with Gasteiger partial charge in [0, 0.05) is 0 Å². The van der Waals surface area contributed by atoms with Crippen molar-refractivity contribution in [1.82, 2.24) is 0 Å². The molecule has 0 spiro atoms. The van der Waals surface area contributed by atoms with Crippen LogP contribution in [0.15, 0.2) is 12.2 Å². The van der Waals surface area contributed by atoms with Gasteiger partial charge in [0.25, 0.3) is 0 Å². The van der Waals surface area contributed by atoms with Gasteiger partial charge in [-0.1, -0.05) is 12.5 Å². The maximum atomic E-state index is 10.8. The molecule has 1 unspecified atom stereocenters. The molecule has 13 heavy (non-hydrogen) atoms. The number of allylic oxidation sites excluding steroid dienone is 1. The fourth-order valence-corrected chi connectivity index (χ4v) is 1.47. The van der Waals surface area contributed by atoms with Gasteiger partial charge in [-0.25, -0.2) is 4.79 Å². The summed E-state index contributed by atoms with van der Waals surface area (Å²) in [6.45, 7) is 0. The minimum absolute atomic E-state index is 0.0948. The fraction of sp³-hybridized carbons (Fsp3) is 0.667. The lowest BCUT2D eigenvalue weighted by molar-refractivity contribution is 0.0836. The summed E-state index contributed by atoms with van der Waals surface area (Å²) in [7, 11) is 0. The van der Waals surface area contributed by atoms with Gasteiger partial charge in [-0.2, -0.15) is 0 Å². The molecule has 4 heteroatoms. The Bertz CT molecular complexity index is 191. The van der Waals surface area contributed by atoms with Crippen LogP contribution in [0.1, 0.15) is 32.1 Å². The predicted octanol–water partition coefficient (Wildman–Crippen LogP) is 3.38. The molecule has 0 saturated carbocycles. The summed E-state index contributed by atoms with van der Waals surface area (Å²) in [6.07, 6.45) is 8.88. The lowest BCUT2D eigenvalue weighted by Crippen LogP contribution is -2.15. The molecule has 1 aliphatic rings. The van der Waals surface area contributed by atoms with Gasteiger partial charge >= 0.3 is 6.16 Å². The van der Waals surface area contributed by atoms with Crippen molar-refractivity contribution in [2.24, 2.45) is 0 Å². The molecule has 0 radical (unpaired) electrons. The van der Waals surface area contributed by atoms with E-state index < -0.39 is 6.16 Å². The van der Waals surface area contributed by atoms with Gasteiger partial charge in [0.2, 0.25) is 0 Å². The van der Waals surface area contributed by atoms with Gasteiger partial charge in [0.05, 0.1) is 0 Å². The molecule has 1 atom stereocenters. The minimum Gasteiger partial charge on any atom is -0.426 e. The first-order valence-corrected chi connectivity index (χ1v) is 5.37. The Hall–Kier alpha value is -0.260. The average molecular weight is 296 g/mol. The maximum Gasteiger partial charge on any atom is 0.518 e. The van der Waals surface area contributed by atoms with Crippen molar-refractivity contribution in [3.63, 3.8) is 0 Å². The highest BCUT2D eigenvalue weighted by molar-refractivity contribution is 14.1.